The van der Waals surface area contributed by atoms with Crippen molar-refractivity contribution in [1.29, 1.82) is 0 Å². The van der Waals surface area contributed by atoms with Crippen LogP contribution in [0.1, 0.15) is 53.0 Å². The lowest BCUT2D eigenvalue weighted by Crippen LogP contribution is -2.33. The molecule has 0 spiro atoms. The zero-order valence-electron chi connectivity index (χ0n) is 19.4. The van der Waals surface area contributed by atoms with Crippen molar-refractivity contribution >= 4 is 28.6 Å². The van der Waals surface area contributed by atoms with Gasteiger partial charge in [0, 0.05) is 18.3 Å². The number of unbranched alkanes of at least 4 members (excludes halogenated alkanes) is 1. The number of aryl methyl sites for hydroxylation is 2. The molecule has 0 aliphatic heterocycles. The summed E-state index contributed by atoms with van der Waals surface area (Å²) in [6.07, 6.45) is 3.23. The number of nitrogens with zero attached hydrogens (tertiary/aromatic N) is 4. The van der Waals surface area contributed by atoms with Gasteiger partial charge in [-0.3, -0.25) is 14.0 Å². The summed E-state index contributed by atoms with van der Waals surface area (Å²) in [5, 5.41) is 0.255. The van der Waals surface area contributed by atoms with E-state index >= 15 is 0 Å². The Morgan fingerprint density at radius 3 is 2.56 bits per heavy atom. The number of hydrogen-bond donors (Lipinski definition) is 0. The van der Waals surface area contributed by atoms with E-state index in [0.29, 0.717) is 23.4 Å². The maximum Gasteiger partial charge on any atom is 0.341 e. The highest BCUT2D eigenvalue weighted by Crippen LogP contribution is 2.14. The van der Waals surface area contributed by atoms with Gasteiger partial charge in [-0.25, -0.2) is 9.78 Å². The largest absolute Gasteiger partial charge is 0.462 e. The number of aromatic nitrogens is 3. The average molecular weight is 459 g/mol. The molecule has 3 heterocycles. The fraction of sp³-hybridized carbons (Fsp3) is 0.269. The number of rotatable bonds is 6. The monoisotopic (exact) mass is 458 g/mol. The minimum Gasteiger partial charge on any atom is -0.462 e. The molecule has 0 saturated heterocycles. The first kappa shape index (κ1) is 23.1. The smallest absolute Gasteiger partial charge is 0.341 e. The third kappa shape index (κ3) is 4.26. The molecular formula is C26H26N4O4. The molecule has 4 aromatic rings. The second-order valence-electron chi connectivity index (χ2n) is 7.92. The number of amides is 1. The van der Waals surface area contributed by atoms with Crippen molar-refractivity contribution in [1.82, 2.24) is 14.0 Å². The zero-order valence-corrected chi connectivity index (χ0v) is 19.4. The second kappa shape index (κ2) is 9.82. The number of carbonyl (C=O) groups is 2. The molecule has 174 valence electrons. The maximum atomic E-state index is 13.3. The molecule has 0 atom stereocenters. The van der Waals surface area contributed by atoms with Crippen LogP contribution in [0.15, 0.2) is 64.5 Å². The Labute approximate surface area is 196 Å². The molecule has 0 fully saturated rings. The molecular weight excluding hydrogens is 432 g/mol. The number of pyridine rings is 2. The quantitative estimate of drug-likeness (QED) is 0.325. The van der Waals surface area contributed by atoms with E-state index in [4.69, 9.17) is 9.72 Å². The number of hydrogen-bond acceptors (Lipinski definition) is 5. The number of carbonyl (C=O) groups excluding carboxylic acids is 2. The molecule has 0 aliphatic rings. The Kier molecular flexibility index (Phi) is 6.67. The van der Waals surface area contributed by atoms with Gasteiger partial charge in [0.1, 0.15) is 16.9 Å². The molecule has 0 bridgehead atoms. The number of ether oxygens (including phenoxy) is 1. The van der Waals surface area contributed by atoms with E-state index in [1.165, 1.54) is 10.5 Å². The fourth-order valence-electron chi connectivity index (χ4n) is 3.85. The zero-order chi connectivity index (χ0) is 24.2. The van der Waals surface area contributed by atoms with Crippen LogP contribution in [0.3, 0.4) is 0 Å². The van der Waals surface area contributed by atoms with Crippen LogP contribution in [-0.4, -0.2) is 32.4 Å². The van der Waals surface area contributed by atoms with E-state index in [0.717, 1.165) is 18.4 Å². The van der Waals surface area contributed by atoms with Gasteiger partial charge < -0.3 is 9.30 Å². The lowest BCUT2D eigenvalue weighted by atomic mass is 10.1. The molecule has 1 aromatic carbocycles. The molecule has 0 unspecified atom stereocenters. The Morgan fingerprint density at radius 2 is 1.82 bits per heavy atom. The summed E-state index contributed by atoms with van der Waals surface area (Å²) >= 11 is 0. The lowest BCUT2D eigenvalue weighted by molar-refractivity contribution is 0.0523. The van der Waals surface area contributed by atoms with E-state index in [-0.39, 0.29) is 28.6 Å². The van der Waals surface area contributed by atoms with Gasteiger partial charge in [-0.05, 0) is 50.1 Å². The molecule has 8 heteroatoms. The molecule has 34 heavy (non-hydrogen) atoms. The van der Waals surface area contributed by atoms with Crippen molar-refractivity contribution in [3.8, 4) is 0 Å². The predicted octanol–water partition coefficient (Wildman–Crippen LogP) is 3.68. The number of esters is 1. The maximum absolute atomic E-state index is 13.3. The summed E-state index contributed by atoms with van der Waals surface area (Å²) in [6, 6.07) is 13.8. The topological polar surface area (TPSA) is 95.0 Å². The third-order valence-corrected chi connectivity index (χ3v) is 5.60. The molecule has 4 rings (SSSR count). The van der Waals surface area contributed by atoms with E-state index < -0.39 is 11.9 Å². The molecule has 8 nitrogen and oxygen atoms in total. The summed E-state index contributed by atoms with van der Waals surface area (Å²) in [5.74, 6) is -1.13. The van der Waals surface area contributed by atoms with Gasteiger partial charge in [0.15, 0.2) is 5.49 Å². The highest BCUT2D eigenvalue weighted by Gasteiger charge is 2.20. The van der Waals surface area contributed by atoms with Crippen molar-refractivity contribution in [3.63, 3.8) is 0 Å². The number of fused-ring (bicyclic) bond motifs is 2. The normalized spacial score (nSPS) is 11.8. The van der Waals surface area contributed by atoms with Crippen molar-refractivity contribution in [2.45, 2.75) is 40.2 Å². The predicted molar refractivity (Wildman–Crippen MR) is 129 cm³/mol. The average Bonchev–Trinajstić information content (AvgIpc) is 2.83. The van der Waals surface area contributed by atoms with Crippen LogP contribution in [0, 0.1) is 6.92 Å². The summed E-state index contributed by atoms with van der Waals surface area (Å²) in [5.41, 5.74) is 1.93. The fourth-order valence-corrected chi connectivity index (χ4v) is 3.85. The van der Waals surface area contributed by atoms with Crippen LogP contribution in [0.5, 0.6) is 0 Å². The number of benzene rings is 1. The highest BCUT2D eigenvalue weighted by atomic mass is 16.5. The van der Waals surface area contributed by atoms with Crippen molar-refractivity contribution in [2.75, 3.05) is 6.61 Å². The Bertz CT molecular complexity index is 1530. The van der Waals surface area contributed by atoms with Crippen molar-refractivity contribution in [2.24, 2.45) is 4.99 Å². The SMILES string of the molecule is CCCCn1c(=NC(=O)c2ccccc2C)c(C(=O)OCC)cc2c(=O)n3ccccc3nc21. The minimum atomic E-state index is -0.649. The Balaban J connectivity index is 2.13. The van der Waals surface area contributed by atoms with Crippen LogP contribution in [0.25, 0.3) is 16.7 Å². The van der Waals surface area contributed by atoms with Crippen LogP contribution in [0.4, 0.5) is 0 Å². The van der Waals surface area contributed by atoms with Crippen LogP contribution in [0.2, 0.25) is 0 Å². The Hall–Kier alpha value is -4.07. The summed E-state index contributed by atoms with van der Waals surface area (Å²) < 4.78 is 8.38. The second-order valence-corrected chi connectivity index (χ2v) is 7.92. The molecule has 0 radical (unpaired) electrons. The minimum absolute atomic E-state index is 0.0576. The Morgan fingerprint density at radius 1 is 1.06 bits per heavy atom. The van der Waals surface area contributed by atoms with E-state index in [2.05, 4.69) is 4.99 Å². The summed E-state index contributed by atoms with van der Waals surface area (Å²) in [7, 11) is 0. The van der Waals surface area contributed by atoms with Crippen LogP contribution in [-0.2, 0) is 11.3 Å². The first-order valence-electron chi connectivity index (χ1n) is 11.3. The standard InChI is InChI=1S/C26H26N4O4/c1-4-6-14-30-22-19(25(32)29-15-10-9-13-21(29)27-22)16-20(26(33)34-5-2)23(30)28-24(31)18-12-8-7-11-17(18)3/h7-13,15-16H,4-6,14H2,1-3H3. The highest BCUT2D eigenvalue weighted by molar-refractivity contribution is 5.98. The summed E-state index contributed by atoms with van der Waals surface area (Å²) in [4.78, 5) is 48.5. The molecule has 0 aliphatic carbocycles. The van der Waals surface area contributed by atoms with Crippen molar-refractivity contribution in [3.05, 3.63) is 87.3 Å². The van der Waals surface area contributed by atoms with E-state index in [1.807, 2.05) is 26.0 Å². The molecule has 0 saturated carbocycles. The molecule has 3 aromatic heterocycles. The first-order valence-corrected chi connectivity index (χ1v) is 11.3. The first-order chi connectivity index (χ1) is 16.5. The van der Waals surface area contributed by atoms with Crippen LogP contribution < -0.4 is 11.0 Å². The van der Waals surface area contributed by atoms with Gasteiger partial charge in [-0.2, -0.15) is 4.99 Å². The van der Waals surface area contributed by atoms with Crippen LogP contribution >= 0.6 is 0 Å². The molecule has 1 amide bonds. The van der Waals surface area contributed by atoms with Gasteiger partial charge in [-0.15, -0.1) is 0 Å². The third-order valence-electron chi connectivity index (χ3n) is 5.60. The van der Waals surface area contributed by atoms with Gasteiger partial charge in [0.05, 0.1) is 12.0 Å². The van der Waals surface area contributed by atoms with Crippen molar-refractivity contribution < 1.29 is 14.3 Å². The lowest BCUT2D eigenvalue weighted by Gasteiger charge is -2.15. The van der Waals surface area contributed by atoms with E-state index in [1.54, 1.807) is 48.0 Å². The van der Waals surface area contributed by atoms with Gasteiger partial charge in [0.2, 0.25) is 0 Å². The van der Waals surface area contributed by atoms with E-state index in [9.17, 15) is 14.4 Å². The molecule has 0 N–H and O–H groups in total. The van der Waals surface area contributed by atoms with Gasteiger partial charge in [0.25, 0.3) is 11.5 Å². The summed E-state index contributed by atoms with van der Waals surface area (Å²) in [6.45, 7) is 6.13. The van der Waals surface area contributed by atoms with Gasteiger partial charge in [-0.1, -0.05) is 37.6 Å². The van der Waals surface area contributed by atoms with Gasteiger partial charge >= 0.3 is 5.97 Å².